The number of guanidine groups is 1. The molecule has 7 heteroatoms. The third-order valence-electron chi connectivity index (χ3n) is 5.70. The van der Waals surface area contributed by atoms with Crippen LogP contribution in [0.2, 0.25) is 0 Å². The summed E-state index contributed by atoms with van der Waals surface area (Å²) in [5, 5.41) is 6.99. The summed E-state index contributed by atoms with van der Waals surface area (Å²) >= 11 is 0. The second-order valence-corrected chi connectivity index (χ2v) is 7.39. The highest BCUT2D eigenvalue weighted by molar-refractivity contribution is 14.0. The van der Waals surface area contributed by atoms with Gasteiger partial charge in [-0.3, -0.25) is 14.8 Å². The summed E-state index contributed by atoms with van der Waals surface area (Å²) in [6, 6.07) is 9.37. The van der Waals surface area contributed by atoms with Gasteiger partial charge in [0, 0.05) is 58.9 Å². The highest BCUT2D eigenvalue weighted by Crippen LogP contribution is 2.21. The van der Waals surface area contributed by atoms with Crippen molar-refractivity contribution in [2.24, 2.45) is 4.99 Å². The molecular weight excluding hydrogens is 465 g/mol. The molecule has 0 spiro atoms. The van der Waals surface area contributed by atoms with Crippen molar-refractivity contribution in [1.82, 2.24) is 20.4 Å². The Morgan fingerprint density at radius 2 is 1.89 bits per heavy atom. The second kappa shape index (κ2) is 12.6. The molecule has 1 aromatic carbocycles. The Hall–Kier alpha value is -0.900. The highest BCUT2D eigenvalue weighted by Gasteiger charge is 2.22. The van der Waals surface area contributed by atoms with Gasteiger partial charge in [-0.1, -0.05) is 31.2 Å². The van der Waals surface area contributed by atoms with Crippen LogP contribution < -0.4 is 10.6 Å². The van der Waals surface area contributed by atoms with Crippen LogP contribution in [0.25, 0.3) is 0 Å². The number of nitrogens with one attached hydrogen (secondary N) is 2. The molecule has 1 fully saturated rings. The fourth-order valence-corrected chi connectivity index (χ4v) is 3.95. The first-order valence-corrected chi connectivity index (χ1v) is 10.4. The first kappa shape index (κ1) is 23.4. The Morgan fingerprint density at radius 1 is 1.14 bits per heavy atom. The van der Waals surface area contributed by atoms with E-state index in [-0.39, 0.29) is 24.0 Å². The maximum Gasteiger partial charge on any atom is 0.191 e. The summed E-state index contributed by atoms with van der Waals surface area (Å²) in [6.45, 7) is 11.1. The topological polar surface area (TPSA) is 52.1 Å². The summed E-state index contributed by atoms with van der Waals surface area (Å²) in [6.07, 6.45) is 2.29. The molecule has 1 aromatic rings. The third kappa shape index (κ3) is 6.86. The van der Waals surface area contributed by atoms with Gasteiger partial charge in [0.15, 0.2) is 5.96 Å². The van der Waals surface area contributed by atoms with E-state index in [1.807, 2.05) is 7.05 Å². The Labute approximate surface area is 187 Å². The zero-order valence-corrected chi connectivity index (χ0v) is 19.7. The zero-order valence-electron chi connectivity index (χ0n) is 17.3. The van der Waals surface area contributed by atoms with Crippen LogP contribution in [-0.2, 0) is 17.7 Å². The lowest BCUT2D eigenvalue weighted by Gasteiger charge is -2.35. The molecule has 2 aliphatic rings. The van der Waals surface area contributed by atoms with Gasteiger partial charge >= 0.3 is 0 Å². The lowest BCUT2D eigenvalue weighted by Crippen LogP contribution is -2.49. The first-order chi connectivity index (χ1) is 13.3. The van der Waals surface area contributed by atoms with Crippen molar-refractivity contribution in [2.45, 2.75) is 32.4 Å². The molecule has 0 saturated carbocycles. The summed E-state index contributed by atoms with van der Waals surface area (Å²) in [4.78, 5) is 9.43. The minimum absolute atomic E-state index is 0. The number of benzene rings is 1. The molecule has 0 bridgehead atoms. The number of aliphatic imine (C=N–C) groups is 1. The highest BCUT2D eigenvalue weighted by atomic mass is 127. The molecule has 1 atom stereocenters. The van der Waals surface area contributed by atoms with Crippen LogP contribution in [0.3, 0.4) is 0 Å². The van der Waals surface area contributed by atoms with Gasteiger partial charge in [-0.15, -0.1) is 24.0 Å². The summed E-state index contributed by atoms with van der Waals surface area (Å²) in [7, 11) is 1.85. The van der Waals surface area contributed by atoms with Gasteiger partial charge in [-0.2, -0.15) is 0 Å². The van der Waals surface area contributed by atoms with E-state index >= 15 is 0 Å². The monoisotopic (exact) mass is 501 g/mol. The van der Waals surface area contributed by atoms with Gasteiger partial charge < -0.3 is 15.4 Å². The van der Waals surface area contributed by atoms with E-state index in [4.69, 9.17) is 4.74 Å². The van der Waals surface area contributed by atoms with Crippen molar-refractivity contribution in [3.8, 4) is 0 Å². The molecule has 2 heterocycles. The van der Waals surface area contributed by atoms with Crippen LogP contribution in [0.4, 0.5) is 0 Å². The van der Waals surface area contributed by atoms with E-state index < -0.39 is 0 Å². The van der Waals surface area contributed by atoms with Crippen LogP contribution >= 0.6 is 24.0 Å². The van der Waals surface area contributed by atoms with Gasteiger partial charge in [0.05, 0.1) is 13.2 Å². The Bertz CT molecular complexity index is 606. The lowest BCUT2D eigenvalue weighted by atomic mass is 9.98. The number of fused-ring (bicyclic) bond motifs is 1. The third-order valence-corrected chi connectivity index (χ3v) is 5.70. The van der Waals surface area contributed by atoms with Crippen LogP contribution in [0.1, 0.15) is 24.5 Å². The average molecular weight is 501 g/mol. The molecule has 0 aliphatic carbocycles. The minimum Gasteiger partial charge on any atom is -0.379 e. The molecular formula is C21H36IN5O. The zero-order chi connectivity index (χ0) is 18.9. The average Bonchev–Trinajstić information content (AvgIpc) is 2.73. The van der Waals surface area contributed by atoms with Crippen molar-refractivity contribution in [3.63, 3.8) is 0 Å². The molecule has 3 rings (SSSR count). The maximum atomic E-state index is 5.40. The molecule has 0 radical (unpaired) electrons. The van der Waals surface area contributed by atoms with Crippen LogP contribution in [0.15, 0.2) is 29.3 Å². The number of nitrogens with zero attached hydrogens (tertiary/aromatic N) is 3. The Balaban J connectivity index is 0.00000280. The van der Waals surface area contributed by atoms with E-state index in [2.05, 4.69) is 56.6 Å². The molecule has 1 unspecified atom stereocenters. The van der Waals surface area contributed by atoms with E-state index in [1.54, 1.807) is 0 Å². The lowest BCUT2D eigenvalue weighted by molar-refractivity contribution is 0.0389. The van der Waals surface area contributed by atoms with Crippen molar-refractivity contribution in [3.05, 3.63) is 35.4 Å². The standard InChI is InChI=1S/C21H35N5O.HI/c1-3-20(26-10-8-18-6-4-5-7-19(18)17-26)16-24-21(22-2)23-9-11-25-12-14-27-15-13-25;/h4-7,20H,3,8-17H2,1-2H3,(H2,22,23,24);1H. The quantitative estimate of drug-likeness (QED) is 0.340. The Kier molecular flexibility index (Phi) is 10.5. The number of halogens is 1. The largest absolute Gasteiger partial charge is 0.379 e. The van der Waals surface area contributed by atoms with Crippen molar-refractivity contribution in [2.75, 3.05) is 59.5 Å². The number of hydrogen-bond acceptors (Lipinski definition) is 4. The van der Waals surface area contributed by atoms with Gasteiger partial charge in [-0.05, 0) is 24.0 Å². The van der Waals surface area contributed by atoms with E-state index in [1.165, 1.54) is 11.1 Å². The molecule has 0 amide bonds. The van der Waals surface area contributed by atoms with Gasteiger partial charge in [0.2, 0.25) is 0 Å². The number of morpholine rings is 1. The van der Waals surface area contributed by atoms with Gasteiger partial charge in [-0.25, -0.2) is 0 Å². The second-order valence-electron chi connectivity index (χ2n) is 7.39. The van der Waals surface area contributed by atoms with Crippen molar-refractivity contribution in [1.29, 1.82) is 0 Å². The van der Waals surface area contributed by atoms with E-state index in [9.17, 15) is 0 Å². The van der Waals surface area contributed by atoms with E-state index in [0.717, 1.165) is 77.8 Å². The van der Waals surface area contributed by atoms with E-state index in [0.29, 0.717) is 6.04 Å². The molecule has 2 aliphatic heterocycles. The Morgan fingerprint density at radius 3 is 2.61 bits per heavy atom. The number of hydrogen-bond donors (Lipinski definition) is 2. The molecule has 28 heavy (non-hydrogen) atoms. The predicted octanol–water partition coefficient (Wildman–Crippen LogP) is 1.94. The van der Waals surface area contributed by atoms with Crippen molar-refractivity contribution < 1.29 is 4.74 Å². The summed E-state index contributed by atoms with van der Waals surface area (Å²) in [5.41, 5.74) is 2.99. The van der Waals surface area contributed by atoms with Gasteiger partial charge in [0.1, 0.15) is 0 Å². The molecule has 2 N–H and O–H groups in total. The van der Waals surface area contributed by atoms with Gasteiger partial charge in [0.25, 0.3) is 0 Å². The first-order valence-electron chi connectivity index (χ1n) is 10.4. The normalized spacial score (nSPS) is 19.4. The SMILES string of the molecule is CCC(CNC(=NC)NCCN1CCOCC1)N1CCc2ccccc2C1.I. The summed E-state index contributed by atoms with van der Waals surface area (Å²) in [5.74, 6) is 0.902. The number of ether oxygens (including phenoxy) is 1. The summed E-state index contributed by atoms with van der Waals surface area (Å²) < 4.78 is 5.40. The smallest absolute Gasteiger partial charge is 0.191 e. The van der Waals surface area contributed by atoms with Crippen LogP contribution in [0, 0.1) is 0 Å². The van der Waals surface area contributed by atoms with Crippen LogP contribution in [0.5, 0.6) is 0 Å². The fourth-order valence-electron chi connectivity index (χ4n) is 3.95. The molecule has 1 saturated heterocycles. The maximum absolute atomic E-state index is 5.40. The van der Waals surface area contributed by atoms with Crippen molar-refractivity contribution >= 4 is 29.9 Å². The predicted molar refractivity (Wildman–Crippen MR) is 127 cm³/mol. The van der Waals surface area contributed by atoms with Crippen LogP contribution in [-0.4, -0.2) is 81.3 Å². The number of rotatable bonds is 7. The minimum atomic E-state index is 0. The fraction of sp³-hybridized carbons (Fsp3) is 0.667. The molecule has 6 nitrogen and oxygen atoms in total. The molecule has 0 aromatic heterocycles. The molecule has 158 valence electrons.